The average Bonchev–Trinajstić information content (AvgIpc) is 3.25. The van der Waals surface area contributed by atoms with E-state index < -0.39 is 5.41 Å². The highest BCUT2D eigenvalue weighted by atomic mass is 16.2. The van der Waals surface area contributed by atoms with Crippen LogP contribution in [0.4, 0.5) is 11.5 Å². The lowest BCUT2D eigenvalue weighted by atomic mass is 9.76. The number of likely N-dealkylation sites (tertiary alicyclic amines) is 1. The molecule has 0 unspecified atom stereocenters. The molecule has 0 radical (unpaired) electrons. The van der Waals surface area contributed by atoms with Crippen LogP contribution in [0.3, 0.4) is 0 Å². The molecule has 0 bridgehead atoms. The third-order valence-electron chi connectivity index (χ3n) is 7.39. The molecule has 1 spiro atoms. The maximum Gasteiger partial charge on any atom is 0.240 e. The van der Waals surface area contributed by atoms with Crippen molar-refractivity contribution in [2.45, 2.75) is 45.2 Å². The summed E-state index contributed by atoms with van der Waals surface area (Å²) in [7, 11) is 2.06. The lowest BCUT2D eigenvalue weighted by molar-refractivity contribution is -0.124. The highest BCUT2D eigenvalue weighted by molar-refractivity contribution is 6.03. The molecular formula is C28H30N6O. The van der Waals surface area contributed by atoms with Crippen molar-refractivity contribution in [3.05, 3.63) is 82.3 Å². The van der Waals surface area contributed by atoms with Crippen LogP contribution in [0.1, 0.15) is 53.2 Å². The van der Waals surface area contributed by atoms with E-state index in [0.29, 0.717) is 24.5 Å². The number of carbonyl (C=O) groups is 1. The van der Waals surface area contributed by atoms with Gasteiger partial charge in [0.2, 0.25) is 5.91 Å². The normalized spacial score (nSPS) is 20.5. The first-order valence-corrected chi connectivity index (χ1v) is 12.0. The van der Waals surface area contributed by atoms with Crippen LogP contribution >= 0.6 is 0 Å². The second-order valence-corrected chi connectivity index (χ2v) is 9.74. The summed E-state index contributed by atoms with van der Waals surface area (Å²) in [6, 6.07) is 17.8. The predicted octanol–water partition coefficient (Wildman–Crippen LogP) is 4.26. The molecule has 1 fully saturated rings. The van der Waals surface area contributed by atoms with E-state index in [9.17, 15) is 10.1 Å². The average molecular weight is 467 g/mol. The molecule has 3 aromatic rings. The number of benzene rings is 2. The van der Waals surface area contributed by atoms with E-state index in [-0.39, 0.29) is 11.9 Å². The number of aryl methyl sites for hydroxylation is 1. The molecule has 1 aromatic heterocycles. The Morgan fingerprint density at radius 3 is 2.57 bits per heavy atom. The molecule has 1 N–H and O–H groups in total. The summed E-state index contributed by atoms with van der Waals surface area (Å²) in [5.74, 6) is 1.51. The molecule has 0 aliphatic carbocycles. The zero-order valence-corrected chi connectivity index (χ0v) is 20.7. The van der Waals surface area contributed by atoms with Crippen molar-refractivity contribution in [3.63, 3.8) is 0 Å². The molecule has 1 saturated heterocycles. The van der Waals surface area contributed by atoms with Gasteiger partial charge in [-0.2, -0.15) is 5.26 Å². The van der Waals surface area contributed by atoms with E-state index in [1.54, 1.807) is 0 Å². The predicted molar refractivity (Wildman–Crippen MR) is 136 cm³/mol. The van der Waals surface area contributed by atoms with Crippen molar-refractivity contribution < 1.29 is 4.79 Å². The van der Waals surface area contributed by atoms with Gasteiger partial charge in [0.25, 0.3) is 0 Å². The van der Waals surface area contributed by atoms with Crippen molar-refractivity contribution in [1.29, 1.82) is 5.26 Å². The number of para-hydroxylation sites is 1. The molecule has 7 heteroatoms. The van der Waals surface area contributed by atoms with Crippen LogP contribution in [0, 0.1) is 25.2 Å². The minimum Gasteiger partial charge on any atom is -0.363 e. The largest absolute Gasteiger partial charge is 0.363 e. The third kappa shape index (κ3) is 3.84. The quantitative estimate of drug-likeness (QED) is 0.619. The van der Waals surface area contributed by atoms with E-state index in [0.717, 1.165) is 46.9 Å². The molecule has 2 aliphatic heterocycles. The first-order valence-electron chi connectivity index (χ1n) is 12.0. The van der Waals surface area contributed by atoms with Crippen molar-refractivity contribution >= 4 is 17.4 Å². The van der Waals surface area contributed by atoms with E-state index >= 15 is 0 Å². The fourth-order valence-electron chi connectivity index (χ4n) is 5.56. The van der Waals surface area contributed by atoms with E-state index in [1.165, 1.54) is 0 Å². The Kier molecular flexibility index (Phi) is 5.78. The van der Waals surface area contributed by atoms with Gasteiger partial charge in [0, 0.05) is 17.8 Å². The Morgan fingerprint density at radius 1 is 1.11 bits per heavy atom. The molecular weight excluding hydrogens is 436 g/mol. The topological polar surface area (TPSA) is 85.1 Å². The maximum absolute atomic E-state index is 14.0. The van der Waals surface area contributed by atoms with Gasteiger partial charge in [-0.15, -0.1) is 0 Å². The third-order valence-corrected chi connectivity index (χ3v) is 7.39. The van der Waals surface area contributed by atoms with Gasteiger partial charge in [0.15, 0.2) is 0 Å². The molecule has 2 atom stereocenters. The molecule has 1 amide bonds. The Labute approximate surface area is 206 Å². The number of anilines is 2. The number of carbonyl (C=O) groups excluding carboxylic acids is 1. The molecule has 5 rings (SSSR count). The van der Waals surface area contributed by atoms with Crippen molar-refractivity contribution in [2.24, 2.45) is 0 Å². The minimum atomic E-state index is -0.692. The van der Waals surface area contributed by atoms with Gasteiger partial charge in [-0.3, -0.25) is 4.79 Å². The van der Waals surface area contributed by atoms with Crippen LogP contribution in [-0.4, -0.2) is 40.9 Å². The highest BCUT2D eigenvalue weighted by Gasteiger charge is 2.53. The van der Waals surface area contributed by atoms with Gasteiger partial charge in [0.05, 0.1) is 29.9 Å². The van der Waals surface area contributed by atoms with Crippen LogP contribution in [0.25, 0.3) is 0 Å². The monoisotopic (exact) mass is 466 g/mol. The van der Waals surface area contributed by atoms with Crippen molar-refractivity contribution in [2.75, 3.05) is 30.4 Å². The fraction of sp³-hybridized carbons (Fsp3) is 0.357. The van der Waals surface area contributed by atoms with Crippen LogP contribution in [0.5, 0.6) is 0 Å². The second kappa shape index (κ2) is 8.79. The Morgan fingerprint density at radius 2 is 1.89 bits per heavy atom. The first kappa shape index (κ1) is 23.0. The van der Waals surface area contributed by atoms with E-state index in [1.807, 2.05) is 67.3 Å². The van der Waals surface area contributed by atoms with Crippen LogP contribution < -0.4 is 10.2 Å². The van der Waals surface area contributed by atoms with Crippen LogP contribution in [0.2, 0.25) is 0 Å². The molecule has 178 valence electrons. The van der Waals surface area contributed by atoms with Crippen LogP contribution in [-0.2, 0) is 16.8 Å². The SMILES string of the molecule is Cc1nc(N[C@H](C)c2cccc(C#N)c2C)c2c(n1)[C@@]1(CCN(C)C1)C(=O)N(c1ccccc1)C2. The van der Waals surface area contributed by atoms with E-state index in [2.05, 4.69) is 30.3 Å². The number of hydrogen-bond donors (Lipinski definition) is 1. The van der Waals surface area contributed by atoms with Gasteiger partial charge < -0.3 is 15.1 Å². The number of nitrogens with zero attached hydrogens (tertiary/aromatic N) is 5. The van der Waals surface area contributed by atoms with Crippen LogP contribution in [0.15, 0.2) is 48.5 Å². The standard InChI is InChI=1S/C28H30N6O/c1-18-21(15-29)9-8-12-23(18)19(2)30-26-24-16-34(22-10-6-5-7-11-22)27(35)28(13-14-33(4)17-28)25(24)31-20(3)32-26/h5-12,19H,13-14,16-17H2,1-4H3,(H,30,31,32)/t19-,28+/m1/s1. The number of amides is 1. The summed E-state index contributed by atoms with van der Waals surface area (Å²) >= 11 is 0. The van der Waals surface area contributed by atoms with E-state index in [4.69, 9.17) is 9.97 Å². The zero-order valence-electron chi connectivity index (χ0n) is 20.7. The molecule has 0 saturated carbocycles. The van der Waals surface area contributed by atoms with Gasteiger partial charge in [-0.05, 0) is 70.1 Å². The Bertz CT molecular complexity index is 1330. The number of rotatable bonds is 4. The lowest BCUT2D eigenvalue weighted by Gasteiger charge is -2.41. The molecule has 3 heterocycles. The number of likely N-dealkylation sites (N-methyl/N-ethyl adjacent to an activating group) is 1. The van der Waals surface area contributed by atoms with Crippen molar-refractivity contribution in [3.8, 4) is 6.07 Å². The first-order chi connectivity index (χ1) is 16.8. The molecule has 2 aromatic carbocycles. The van der Waals surface area contributed by atoms with Gasteiger partial charge in [0.1, 0.15) is 17.1 Å². The van der Waals surface area contributed by atoms with Crippen molar-refractivity contribution in [1.82, 2.24) is 14.9 Å². The Hall–Kier alpha value is -3.76. The summed E-state index contributed by atoms with van der Waals surface area (Å²) in [5.41, 5.74) is 4.70. The summed E-state index contributed by atoms with van der Waals surface area (Å²) in [6.45, 7) is 7.84. The number of nitrogens with one attached hydrogen (secondary N) is 1. The highest BCUT2D eigenvalue weighted by Crippen LogP contribution is 2.44. The fourth-order valence-corrected chi connectivity index (χ4v) is 5.56. The van der Waals surface area contributed by atoms with Gasteiger partial charge in [-0.25, -0.2) is 9.97 Å². The second-order valence-electron chi connectivity index (χ2n) is 9.74. The number of nitriles is 1. The number of fused-ring (bicyclic) bond motifs is 2. The smallest absolute Gasteiger partial charge is 0.240 e. The Balaban J connectivity index is 1.62. The minimum absolute atomic E-state index is 0.0771. The lowest BCUT2D eigenvalue weighted by Crippen LogP contribution is -2.53. The number of aromatic nitrogens is 2. The zero-order chi connectivity index (χ0) is 24.7. The number of hydrogen-bond acceptors (Lipinski definition) is 6. The maximum atomic E-state index is 14.0. The summed E-state index contributed by atoms with van der Waals surface area (Å²) < 4.78 is 0. The van der Waals surface area contributed by atoms with Gasteiger partial charge in [-0.1, -0.05) is 30.3 Å². The summed E-state index contributed by atoms with van der Waals surface area (Å²) in [4.78, 5) is 27.8. The van der Waals surface area contributed by atoms with Gasteiger partial charge >= 0.3 is 0 Å². The molecule has 7 nitrogen and oxygen atoms in total. The summed E-state index contributed by atoms with van der Waals surface area (Å²) in [5, 5.41) is 13.1. The summed E-state index contributed by atoms with van der Waals surface area (Å²) in [6.07, 6.45) is 0.730. The molecule has 2 aliphatic rings. The molecule has 35 heavy (non-hydrogen) atoms.